The van der Waals surface area contributed by atoms with Crippen molar-refractivity contribution in [1.82, 2.24) is 0 Å². The zero-order valence-electron chi connectivity index (χ0n) is 9.08. The van der Waals surface area contributed by atoms with Crippen molar-refractivity contribution in [3.63, 3.8) is 0 Å². The van der Waals surface area contributed by atoms with Crippen LogP contribution in [0.5, 0.6) is 5.75 Å². The minimum atomic E-state index is -1.83. The first-order valence-corrected chi connectivity index (χ1v) is 5.19. The van der Waals surface area contributed by atoms with E-state index in [0.29, 0.717) is 11.4 Å². The molecule has 0 aromatic heterocycles. The number of rotatable bonds is 4. The predicted octanol–water partition coefficient (Wildman–Crippen LogP) is 1.78. The lowest BCUT2D eigenvalue weighted by atomic mass is 10.2. The van der Waals surface area contributed by atoms with E-state index in [0.717, 1.165) is 5.69 Å². The van der Waals surface area contributed by atoms with Crippen molar-refractivity contribution in [2.45, 2.75) is 0 Å². The molecule has 0 amide bonds. The molecule has 0 aliphatic heterocycles. The van der Waals surface area contributed by atoms with Gasteiger partial charge in [-0.05, 0) is 24.3 Å². The van der Waals surface area contributed by atoms with Gasteiger partial charge in [-0.25, -0.2) is 0 Å². The van der Waals surface area contributed by atoms with E-state index in [1.54, 1.807) is 18.2 Å². The van der Waals surface area contributed by atoms with E-state index in [1.807, 2.05) is 36.4 Å². The molecule has 0 spiro atoms. The molecule has 0 fully saturated rings. The van der Waals surface area contributed by atoms with E-state index in [9.17, 15) is 0 Å². The second-order valence-corrected chi connectivity index (χ2v) is 3.43. The number of anilines is 2. The first kappa shape index (κ1) is 11.5. The van der Waals surface area contributed by atoms with E-state index in [-0.39, 0.29) is 0 Å². The fourth-order valence-corrected chi connectivity index (χ4v) is 1.46. The summed E-state index contributed by atoms with van der Waals surface area (Å²) in [4.78, 5) is 0. The largest absolute Gasteiger partial charge is 0.707 e. The minimum absolute atomic E-state index is 0.381. The maximum absolute atomic E-state index is 8.80. The van der Waals surface area contributed by atoms with E-state index < -0.39 is 7.32 Å². The third-order valence-electron chi connectivity index (χ3n) is 2.17. The average Bonchev–Trinajstić information content (AvgIpc) is 2.32. The molecule has 0 unspecified atom stereocenters. The van der Waals surface area contributed by atoms with Crippen LogP contribution in [0.1, 0.15) is 0 Å². The van der Waals surface area contributed by atoms with Crippen LogP contribution in [0.3, 0.4) is 0 Å². The Kier molecular flexibility index (Phi) is 3.64. The summed E-state index contributed by atoms with van der Waals surface area (Å²) in [6.45, 7) is 0. The molecule has 86 valence electrons. The lowest BCUT2D eigenvalue weighted by molar-refractivity contribution is 0.289. The highest BCUT2D eigenvalue weighted by atomic mass is 16.6. The second kappa shape index (κ2) is 5.38. The minimum Gasteiger partial charge on any atom is -0.510 e. The van der Waals surface area contributed by atoms with Crippen molar-refractivity contribution in [3.8, 4) is 5.75 Å². The van der Waals surface area contributed by atoms with Gasteiger partial charge in [-0.1, -0.05) is 30.3 Å². The van der Waals surface area contributed by atoms with Crippen LogP contribution in [-0.4, -0.2) is 17.4 Å². The molecular formula is C12H12BNO3. The van der Waals surface area contributed by atoms with Crippen LogP contribution in [0.15, 0.2) is 54.6 Å². The Hall–Kier alpha value is -1.98. The van der Waals surface area contributed by atoms with Gasteiger partial charge in [0.05, 0.1) is 5.69 Å². The van der Waals surface area contributed by atoms with Gasteiger partial charge >= 0.3 is 7.32 Å². The van der Waals surface area contributed by atoms with Gasteiger partial charge in [0, 0.05) is 5.69 Å². The highest BCUT2D eigenvalue weighted by Crippen LogP contribution is 2.27. The Bertz CT molecular complexity index is 476. The summed E-state index contributed by atoms with van der Waals surface area (Å²) in [6, 6.07) is 16.6. The topological polar surface area (TPSA) is 61.7 Å². The molecule has 4 nitrogen and oxygen atoms in total. The Morgan fingerprint density at radius 3 is 2.24 bits per heavy atom. The number of hydrogen-bond donors (Lipinski definition) is 3. The summed E-state index contributed by atoms with van der Waals surface area (Å²) in [6.07, 6.45) is 0. The van der Waals surface area contributed by atoms with Crippen LogP contribution in [0.2, 0.25) is 0 Å². The van der Waals surface area contributed by atoms with Gasteiger partial charge in [0.2, 0.25) is 0 Å². The Morgan fingerprint density at radius 1 is 0.882 bits per heavy atom. The Labute approximate surface area is 99.7 Å². The SMILES string of the molecule is OB(O)Oc1ccccc1Nc1ccccc1. The summed E-state index contributed by atoms with van der Waals surface area (Å²) in [7, 11) is -1.83. The van der Waals surface area contributed by atoms with E-state index in [4.69, 9.17) is 14.7 Å². The first-order valence-electron chi connectivity index (χ1n) is 5.19. The average molecular weight is 229 g/mol. The normalized spacial score (nSPS) is 9.76. The molecular weight excluding hydrogens is 217 g/mol. The van der Waals surface area contributed by atoms with Crippen LogP contribution in [0.25, 0.3) is 0 Å². The zero-order chi connectivity index (χ0) is 12.1. The van der Waals surface area contributed by atoms with Gasteiger partial charge in [-0.3, -0.25) is 0 Å². The molecule has 2 rings (SSSR count). The molecule has 0 radical (unpaired) electrons. The van der Waals surface area contributed by atoms with Gasteiger partial charge in [-0.2, -0.15) is 0 Å². The Morgan fingerprint density at radius 2 is 1.53 bits per heavy atom. The van der Waals surface area contributed by atoms with E-state index >= 15 is 0 Å². The van der Waals surface area contributed by atoms with Crippen molar-refractivity contribution >= 4 is 18.7 Å². The van der Waals surface area contributed by atoms with Crippen molar-refractivity contribution in [2.75, 3.05) is 5.32 Å². The maximum Gasteiger partial charge on any atom is 0.707 e. The first-order chi connectivity index (χ1) is 8.25. The third-order valence-corrected chi connectivity index (χ3v) is 2.17. The van der Waals surface area contributed by atoms with Crippen molar-refractivity contribution < 1.29 is 14.7 Å². The highest BCUT2D eigenvalue weighted by Gasteiger charge is 2.13. The van der Waals surface area contributed by atoms with E-state index in [1.165, 1.54) is 0 Å². The fraction of sp³-hybridized carbons (Fsp3) is 0. The molecule has 0 atom stereocenters. The number of hydrogen-bond acceptors (Lipinski definition) is 4. The smallest absolute Gasteiger partial charge is 0.510 e. The molecule has 0 heterocycles. The zero-order valence-corrected chi connectivity index (χ0v) is 9.08. The molecule has 0 bridgehead atoms. The van der Waals surface area contributed by atoms with Crippen molar-refractivity contribution in [1.29, 1.82) is 0 Å². The van der Waals surface area contributed by atoms with Gasteiger partial charge < -0.3 is 20.0 Å². The van der Waals surface area contributed by atoms with Crippen LogP contribution < -0.4 is 9.97 Å². The predicted molar refractivity (Wildman–Crippen MR) is 67.0 cm³/mol. The standard InChI is InChI=1S/C12H12BNO3/c15-13(16)17-12-9-5-4-8-11(12)14-10-6-2-1-3-7-10/h1-9,14-16H. The number of para-hydroxylation sites is 3. The molecule has 17 heavy (non-hydrogen) atoms. The molecule has 0 aliphatic rings. The molecule has 0 aliphatic carbocycles. The molecule has 3 N–H and O–H groups in total. The second-order valence-electron chi connectivity index (χ2n) is 3.43. The van der Waals surface area contributed by atoms with Gasteiger partial charge in [0.15, 0.2) is 0 Å². The van der Waals surface area contributed by atoms with Crippen molar-refractivity contribution in [3.05, 3.63) is 54.6 Å². The number of nitrogens with one attached hydrogen (secondary N) is 1. The van der Waals surface area contributed by atoms with Crippen LogP contribution >= 0.6 is 0 Å². The molecule has 2 aromatic rings. The lowest BCUT2D eigenvalue weighted by Crippen LogP contribution is -2.21. The summed E-state index contributed by atoms with van der Waals surface area (Å²) in [5.74, 6) is 0.381. The quantitative estimate of drug-likeness (QED) is 0.699. The fourth-order valence-electron chi connectivity index (χ4n) is 1.46. The van der Waals surface area contributed by atoms with E-state index in [2.05, 4.69) is 5.32 Å². The van der Waals surface area contributed by atoms with Crippen molar-refractivity contribution in [2.24, 2.45) is 0 Å². The monoisotopic (exact) mass is 229 g/mol. The summed E-state index contributed by atoms with van der Waals surface area (Å²) < 4.78 is 4.87. The number of benzene rings is 2. The van der Waals surface area contributed by atoms with Crippen LogP contribution in [0, 0.1) is 0 Å². The molecule has 0 saturated carbocycles. The molecule has 5 heteroatoms. The third kappa shape index (κ3) is 3.24. The Balaban J connectivity index is 2.20. The lowest BCUT2D eigenvalue weighted by Gasteiger charge is -2.12. The molecule has 0 saturated heterocycles. The van der Waals surface area contributed by atoms with Crippen LogP contribution in [-0.2, 0) is 0 Å². The highest BCUT2D eigenvalue weighted by molar-refractivity contribution is 6.34. The van der Waals surface area contributed by atoms with Gasteiger partial charge in [0.25, 0.3) is 0 Å². The van der Waals surface area contributed by atoms with Gasteiger partial charge in [-0.15, -0.1) is 0 Å². The van der Waals surface area contributed by atoms with Gasteiger partial charge in [0.1, 0.15) is 5.75 Å². The summed E-state index contributed by atoms with van der Waals surface area (Å²) in [5, 5.41) is 20.7. The molecule has 2 aromatic carbocycles. The summed E-state index contributed by atoms with van der Waals surface area (Å²) in [5.41, 5.74) is 1.57. The maximum atomic E-state index is 8.80. The van der Waals surface area contributed by atoms with Crippen LogP contribution in [0.4, 0.5) is 11.4 Å². The summed E-state index contributed by atoms with van der Waals surface area (Å²) >= 11 is 0.